The van der Waals surface area contributed by atoms with Crippen LogP contribution in [0, 0.1) is 6.92 Å². The molecule has 1 amide bonds. The van der Waals surface area contributed by atoms with E-state index in [0.717, 1.165) is 6.42 Å². The molecule has 0 spiro atoms. The summed E-state index contributed by atoms with van der Waals surface area (Å²) < 4.78 is 10.3. The molecule has 0 saturated carbocycles. The number of hydrogen-bond acceptors (Lipinski definition) is 4. The molecule has 0 bridgehead atoms. The molecule has 2 rings (SSSR count). The van der Waals surface area contributed by atoms with Crippen LogP contribution in [0.25, 0.3) is 0 Å². The first-order valence-electron chi connectivity index (χ1n) is 6.80. The van der Waals surface area contributed by atoms with Gasteiger partial charge < -0.3 is 14.5 Å². The van der Waals surface area contributed by atoms with Gasteiger partial charge in [-0.2, -0.15) is 0 Å². The summed E-state index contributed by atoms with van der Waals surface area (Å²) in [6.07, 6.45) is 0.734. The number of halogens is 1. The van der Waals surface area contributed by atoms with E-state index >= 15 is 0 Å². The standard InChI is InChI=1S/C16H16BrNO4/c1-11-4-2-3-5-12(11)8-9-18-15(19)10-21-16(20)13-6-7-14(17)22-13/h2-7H,8-10H2,1H3,(H,18,19). The summed E-state index contributed by atoms with van der Waals surface area (Å²) >= 11 is 3.09. The predicted octanol–water partition coefficient (Wildman–Crippen LogP) is 2.87. The summed E-state index contributed by atoms with van der Waals surface area (Å²) in [5, 5.41) is 2.71. The number of benzene rings is 1. The van der Waals surface area contributed by atoms with Crippen molar-refractivity contribution in [2.75, 3.05) is 13.2 Å². The number of rotatable bonds is 6. The monoisotopic (exact) mass is 365 g/mol. The molecule has 1 N–H and O–H groups in total. The lowest BCUT2D eigenvalue weighted by atomic mass is 10.1. The topological polar surface area (TPSA) is 68.5 Å². The van der Waals surface area contributed by atoms with Crippen LogP contribution >= 0.6 is 15.9 Å². The Kier molecular flexibility index (Phi) is 5.77. The van der Waals surface area contributed by atoms with Crippen LogP contribution in [0.5, 0.6) is 0 Å². The molecule has 0 unspecified atom stereocenters. The fourth-order valence-corrected chi connectivity index (χ4v) is 2.21. The molecular formula is C16H16BrNO4. The first-order valence-corrected chi connectivity index (χ1v) is 7.59. The first kappa shape index (κ1) is 16.3. The lowest BCUT2D eigenvalue weighted by molar-refractivity contribution is -0.124. The molecule has 0 saturated heterocycles. The highest BCUT2D eigenvalue weighted by atomic mass is 79.9. The number of carbonyl (C=O) groups excluding carboxylic acids is 2. The van der Waals surface area contributed by atoms with Gasteiger partial charge in [0.15, 0.2) is 11.3 Å². The second-order valence-corrected chi connectivity index (χ2v) is 5.49. The molecular weight excluding hydrogens is 350 g/mol. The van der Waals surface area contributed by atoms with Gasteiger partial charge in [0.2, 0.25) is 5.76 Å². The van der Waals surface area contributed by atoms with Crippen molar-refractivity contribution in [1.82, 2.24) is 5.32 Å². The molecule has 116 valence electrons. The number of carbonyl (C=O) groups is 2. The molecule has 2 aromatic rings. The third-order valence-electron chi connectivity index (χ3n) is 3.09. The van der Waals surface area contributed by atoms with Crippen LogP contribution in [0.15, 0.2) is 45.5 Å². The highest BCUT2D eigenvalue weighted by Crippen LogP contribution is 2.14. The average Bonchev–Trinajstić information content (AvgIpc) is 2.93. The van der Waals surface area contributed by atoms with E-state index in [2.05, 4.69) is 21.2 Å². The number of amides is 1. The zero-order valence-electron chi connectivity index (χ0n) is 12.1. The third kappa shape index (κ3) is 4.73. The SMILES string of the molecule is Cc1ccccc1CCNC(=O)COC(=O)c1ccc(Br)o1. The van der Waals surface area contributed by atoms with Crippen molar-refractivity contribution in [3.05, 3.63) is 58.0 Å². The van der Waals surface area contributed by atoms with Gasteiger partial charge in [-0.1, -0.05) is 24.3 Å². The average molecular weight is 366 g/mol. The summed E-state index contributed by atoms with van der Waals surface area (Å²) in [7, 11) is 0. The highest BCUT2D eigenvalue weighted by Gasteiger charge is 2.13. The second-order valence-electron chi connectivity index (χ2n) is 4.71. The van der Waals surface area contributed by atoms with Gasteiger partial charge in [0, 0.05) is 6.54 Å². The Hall–Kier alpha value is -2.08. The smallest absolute Gasteiger partial charge is 0.374 e. The molecule has 0 atom stereocenters. The van der Waals surface area contributed by atoms with Crippen LogP contribution in [0.1, 0.15) is 21.7 Å². The lowest BCUT2D eigenvalue weighted by Gasteiger charge is -2.07. The van der Waals surface area contributed by atoms with Gasteiger partial charge in [-0.25, -0.2) is 4.79 Å². The Morgan fingerprint density at radius 1 is 1.23 bits per heavy atom. The quantitative estimate of drug-likeness (QED) is 0.799. The van der Waals surface area contributed by atoms with Gasteiger partial charge in [-0.15, -0.1) is 0 Å². The van der Waals surface area contributed by atoms with Crippen LogP contribution in [-0.4, -0.2) is 25.0 Å². The molecule has 1 aromatic heterocycles. The maximum absolute atomic E-state index is 11.6. The second kappa shape index (κ2) is 7.79. The normalized spacial score (nSPS) is 10.3. The zero-order valence-corrected chi connectivity index (χ0v) is 13.7. The Morgan fingerprint density at radius 2 is 2.00 bits per heavy atom. The zero-order chi connectivity index (χ0) is 15.9. The van der Waals surface area contributed by atoms with E-state index in [-0.39, 0.29) is 18.3 Å². The Morgan fingerprint density at radius 3 is 2.68 bits per heavy atom. The Labute approximate surface area is 136 Å². The van der Waals surface area contributed by atoms with Crippen molar-refractivity contribution in [3.63, 3.8) is 0 Å². The first-order chi connectivity index (χ1) is 10.6. The molecule has 0 radical (unpaired) electrons. The van der Waals surface area contributed by atoms with Crippen LogP contribution in [-0.2, 0) is 16.0 Å². The molecule has 5 nitrogen and oxygen atoms in total. The fourth-order valence-electron chi connectivity index (χ4n) is 1.90. The van der Waals surface area contributed by atoms with Crippen molar-refractivity contribution in [3.8, 4) is 0 Å². The lowest BCUT2D eigenvalue weighted by Crippen LogP contribution is -2.30. The summed E-state index contributed by atoms with van der Waals surface area (Å²) in [5.74, 6) is -0.952. The minimum Gasteiger partial charge on any atom is -0.450 e. The number of ether oxygens (including phenoxy) is 1. The minimum absolute atomic E-state index is 0.0552. The largest absolute Gasteiger partial charge is 0.450 e. The molecule has 1 heterocycles. The fraction of sp³-hybridized carbons (Fsp3) is 0.250. The predicted molar refractivity (Wildman–Crippen MR) is 84.6 cm³/mol. The molecule has 0 aliphatic rings. The Balaban J connectivity index is 1.70. The molecule has 0 aliphatic carbocycles. The number of nitrogens with one attached hydrogen (secondary N) is 1. The van der Waals surface area contributed by atoms with E-state index < -0.39 is 5.97 Å². The van der Waals surface area contributed by atoms with Crippen molar-refractivity contribution < 1.29 is 18.7 Å². The van der Waals surface area contributed by atoms with Crippen LogP contribution < -0.4 is 5.32 Å². The van der Waals surface area contributed by atoms with Crippen LogP contribution in [0.4, 0.5) is 0 Å². The van der Waals surface area contributed by atoms with Gasteiger partial charge in [0.1, 0.15) is 0 Å². The van der Waals surface area contributed by atoms with Crippen LogP contribution in [0.2, 0.25) is 0 Å². The van der Waals surface area contributed by atoms with E-state index in [1.54, 1.807) is 6.07 Å². The highest BCUT2D eigenvalue weighted by molar-refractivity contribution is 9.10. The van der Waals surface area contributed by atoms with E-state index in [1.807, 2.05) is 31.2 Å². The van der Waals surface area contributed by atoms with E-state index in [9.17, 15) is 9.59 Å². The molecule has 6 heteroatoms. The molecule has 0 fully saturated rings. The van der Waals surface area contributed by atoms with E-state index in [0.29, 0.717) is 11.2 Å². The summed E-state index contributed by atoms with van der Waals surface area (Å²) in [6, 6.07) is 11.1. The van der Waals surface area contributed by atoms with E-state index in [4.69, 9.17) is 9.15 Å². The summed E-state index contributed by atoms with van der Waals surface area (Å²) in [6.45, 7) is 2.19. The summed E-state index contributed by atoms with van der Waals surface area (Å²) in [4.78, 5) is 23.2. The van der Waals surface area contributed by atoms with Crippen molar-refractivity contribution in [1.29, 1.82) is 0 Å². The van der Waals surface area contributed by atoms with Gasteiger partial charge in [-0.05, 0) is 52.5 Å². The van der Waals surface area contributed by atoms with Crippen molar-refractivity contribution in [2.24, 2.45) is 0 Å². The van der Waals surface area contributed by atoms with Gasteiger partial charge in [0.05, 0.1) is 0 Å². The Bertz CT molecular complexity index is 666. The number of esters is 1. The minimum atomic E-state index is -0.667. The van der Waals surface area contributed by atoms with Crippen molar-refractivity contribution >= 4 is 27.8 Å². The van der Waals surface area contributed by atoms with Crippen molar-refractivity contribution in [2.45, 2.75) is 13.3 Å². The summed E-state index contributed by atoms with van der Waals surface area (Å²) in [5.41, 5.74) is 2.37. The maximum Gasteiger partial charge on any atom is 0.374 e. The molecule has 1 aromatic carbocycles. The van der Waals surface area contributed by atoms with E-state index in [1.165, 1.54) is 17.2 Å². The third-order valence-corrected chi connectivity index (χ3v) is 3.51. The van der Waals surface area contributed by atoms with Crippen LogP contribution in [0.3, 0.4) is 0 Å². The number of hydrogen-bond donors (Lipinski definition) is 1. The molecule has 22 heavy (non-hydrogen) atoms. The van der Waals surface area contributed by atoms with Gasteiger partial charge >= 0.3 is 5.97 Å². The number of furan rings is 1. The van der Waals surface area contributed by atoms with Gasteiger partial charge in [-0.3, -0.25) is 4.79 Å². The number of aryl methyl sites for hydroxylation is 1. The maximum atomic E-state index is 11.6. The van der Waals surface area contributed by atoms with Gasteiger partial charge in [0.25, 0.3) is 5.91 Å². The molecule has 0 aliphatic heterocycles.